The number of nitrogens with zero attached hydrogens (tertiary/aromatic N) is 3. The lowest BCUT2D eigenvalue weighted by molar-refractivity contribution is -0.163. The fourth-order valence-electron chi connectivity index (χ4n) is 5.06. The number of aromatic nitrogens is 2. The van der Waals surface area contributed by atoms with Gasteiger partial charge in [-0.1, -0.05) is 55.4 Å². The van der Waals surface area contributed by atoms with Gasteiger partial charge in [-0.2, -0.15) is 13.8 Å². The molecular formula is C35H35F2N5O5. The Hall–Kier alpha value is -5.39. The minimum Gasteiger partial charge on any atom is -0.477 e. The molecule has 244 valence electrons. The Kier molecular flexibility index (Phi) is 10.1. The second-order valence-corrected chi connectivity index (χ2v) is 11.6. The third-order valence-electron chi connectivity index (χ3n) is 7.75. The number of nitrogens with one attached hydrogen (secondary N) is 2. The van der Waals surface area contributed by atoms with Crippen molar-refractivity contribution >= 4 is 34.9 Å². The Balaban J connectivity index is 1.36. The first kappa shape index (κ1) is 33.0. The normalized spacial score (nSPS) is 13.2. The molecule has 10 nitrogen and oxygen atoms in total. The molecular weight excluding hydrogens is 608 g/mol. The van der Waals surface area contributed by atoms with E-state index >= 15 is 0 Å². The van der Waals surface area contributed by atoms with E-state index in [9.17, 15) is 23.2 Å². The van der Waals surface area contributed by atoms with E-state index in [2.05, 4.69) is 21.5 Å². The SMILES string of the molecule is CC(C)c1noc(-c2cccc(NC(=O)N(Cc3ccc(C(=O)NCC(F)(F)C(=O)O)cc3)c3ccc(C4=CCCCC4)cc3)c2)n1. The quantitative estimate of drug-likeness (QED) is 0.154. The lowest BCUT2D eigenvalue weighted by Gasteiger charge is -2.24. The summed E-state index contributed by atoms with van der Waals surface area (Å²) in [5, 5.41) is 17.5. The maximum Gasteiger partial charge on any atom is 0.376 e. The van der Waals surface area contributed by atoms with E-state index in [-0.39, 0.29) is 18.0 Å². The summed E-state index contributed by atoms with van der Waals surface area (Å²) in [4.78, 5) is 42.8. The van der Waals surface area contributed by atoms with Crippen LogP contribution in [0.25, 0.3) is 17.0 Å². The number of carboxylic acid groups (broad SMARTS) is 1. The Morgan fingerprint density at radius 1 is 1.00 bits per heavy atom. The Bertz CT molecular complexity index is 1770. The summed E-state index contributed by atoms with van der Waals surface area (Å²) in [6.07, 6.45) is 6.62. The van der Waals surface area contributed by atoms with Crippen molar-refractivity contribution in [2.75, 3.05) is 16.8 Å². The van der Waals surface area contributed by atoms with Gasteiger partial charge in [0.15, 0.2) is 5.82 Å². The van der Waals surface area contributed by atoms with Gasteiger partial charge in [-0.05, 0) is 84.8 Å². The van der Waals surface area contributed by atoms with E-state index in [1.807, 2.05) is 49.5 Å². The van der Waals surface area contributed by atoms with Gasteiger partial charge in [0, 0.05) is 28.4 Å². The summed E-state index contributed by atoms with van der Waals surface area (Å²) in [6.45, 7) is 2.71. The summed E-state index contributed by atoms with van der Waals surface area (Å²) in [5.74, 6) is -6.25. The highest BCUT2D eigenvalue weighted by atomic mass is 19.3. The van der Waals surface area contributed by atoms with Gasteiger partial charge in [0.1, 0.15) is 0 Å². The van der Waals surface area contributed by atoms with Gasteiger partial charge in [-0.15, -0.1) is 0 Å². The molecule has 0 aliphatic heterocycles. The number of carbonyl (C=O) groups excluding carboxylic acids is 2. The van der Waals surface area contributed by atoms with E-state index in [0.717, 1.165) is 24.8 Å². The highest BCUT2D eigenvalue weighted by Gasteiger charge is 2.39. The van der Waals surface area contributed by atoms with Crippen LogP contribution in [0.1, 0.15) is 72.8 Å². The summed E-state index contributed by atoms with van der Waals surface area (Å²) in [6, 6.07) is 20.5. The highest BCUT2D eigenvalue weighted by Crippen LogP contribution is 2.29. The fraction of sp³-hybridized carbons (Fsp3) is 0.286. The molecule has 0 atom stereocenters. The number of hydrogen-bond acceptors (Lipinski definition) is 6. The standard InChI is InChI=1S/C35H35F2N5O5/c1-22(2)30-40-32(47-41-30)27-9-6-10-28(19-27)39-34(46)42(29-17-15-25(16-18-29)24-7-4-3-5-8-24)20-23-11-13-26(14-12-23)31(43)38-21-35(36,37)33(44)45/h6-7,9-19,22H,3-5,8,20-21H2,1-2H3,(H,38,43)(H,39,46)(H,44,45). The van der Waals surface area contributed by atoms with Crippen LogP contribution in [0.3, 0.4) is 0 Å². The molecule has 47 heavy (non-hydrogen) atoms. The molecule has 0 radical (unpaired) electrons. The zero-order valence-corrected chi connectivity index (χ0v) is 26.0. The van der Waals surface area contributed by atoms with Crippen LogP contribution in [0.5, 0.6) is 0 Å². The molecule has 0 unspecified atom stereocenters. The maximum atomic E-state index is 13.8. The van der Waals surface area contributed by atoms with E-state index in [1.54, 1.807) is 35.2 Å². The molecule has 5 rings (SSSR count). The van der Waals surface area contributed by atoms with Gasteiger partial charge in [-0.25, -0.2) is 9.59 Å². The van der Waals surface area contributed by atoms with Crippen LogP contribution >= 0.6 is 0 Å². The van der Waals surface area contributed by atoms with Gasteiger partial charge in [0.05, 0.1) is 13.1 Å². The minimum absolute atomic E-state index is 0.0644. The minimum atomic E-state index is -4.09. The Morgan fingerprint density at radius 2 is 1.74 bits per heavy atom. The van der Waals surface area contributed by atoms with Crippen molar-refractivity contribution in [2.45, 2.75) is 57.9 Å². The number of carbonyl (C=O) groups is 3. The summed E-state index contributed by atoms with van der Waals surface area (Å²) < 4.78 is 32.3. The maximum absolute atomic E-state index is 13.8. The van der Waals surface area contributed by atoms with Crippen molar-refractivity contribution in [1.29, 1.82) is 0 Å². The second kappa shape index (κ2) is 14.4. The van der Waals surface area contributed by atoms with Crippen molar-refractivity contribution < 1.29 is 32.8 Å². The summed E-state index contributed by atoms with van der Waals surface area (Å²) >= 11 is 0. The number of hydrogen-bond donors (Lipinski definition) is 3. The fourth-order valence-corrected chi connectivity index (χ4v) is 5.06. The summed E-state index contributed by atoms with van der Waals surface area (Å²) in [7, 11) is 0. The molecule has 0 spiro atoms. The van der Waals surface area contributed by atoms with Crippen molar-refractivity contribution in [1.82, 2.24) is 15.5 Å². The number of halogens is 2. The van der Waals surface area contributed by atoms with Crippen LogP contribution in [0.2, 0.25) is 0 Å². The largest absolute Gasteiger partial charge is 0.477 e. The van der Waals surface area contributed by atoms with Crippen LogP contribution in [-0.4, -0.2) is 45.6 Å². The Labute approximate surface area is 270 Å². The monoisotopic (exact) mass is 643 g/mol. The van der Waals surface area contributed by atoms with Gasteiger partial charge >= 0.3 is 17.9 Å². The van der Waals surface area contributed by atoms with Crippen molar-refractivity contribution in [3.05, 3.63) is 101 Å². The first-order valence-corrected chi connectivity index (χ1v) is 15.3. The topological polar surface area (TPSA) is 138 Å². The molecule has 12 heteroatoms. The number of alkyl halides is 2. The predicted octanol–water partition coefficient (Wildman–Crippen LogP) is 7.51. The smallest absolute Gasteiger partial charge is 0.376 e. The van der Waals surface area contributed by atoms with Crippen molar-refractivity contribution in [3.8, 4) is 11.5 Å². The molecule has 0 fully saturated rings. The summed E-state index contributed by atoms with van der Waals surface area (Å²) in [5.41, 5.74) is 4.90. The van der Waals surface area contributed by atoms with Gasteiger partial charge < -0.3 is 20.3 Å². The first-order chi connectivity index (χ1) is 22.5. The molecule has 1 aliphatic carbocycles. The lowest BCUT2D eigenvalue weighted by atomic mass is 9.93. The highest BCUT2D eigenvalue weighted by molar-refractivity contribution is 6.02. The van der Waals surface area contributed by atoms with Gasteiger partial charge in [-0.3, -0.25) is 9.69 Å². The van der Waals surface area contributed by atoms with E-state index in [0.29, 0.717) is 34.2 Å². The zero-order valence-electron chi connectivity index (χ0n) is 26.0. The number of aliphatic carboxylic acids is 1. The number of amides is 3. The number of rotatable bonds is 11. The predicted molar refractivity (Wildman–Crippen MR) is 173 cm³/mol. The average molecular weight is 644 g/mol. The first-order valence-electron chi connectivity index (χ1n) is 15.3. The molecule has 3 amide bonds. The molecule has 1 aliphatic rings. The molecule has 0 saturated carbocycles. The molecule has 0 bridgehead atoms. The van der Waals surface area contributed by atoms with Crippen molar-refractivity contribution in [3.63, 3.8) is 0 Å². The third-order valence-corrected chi connectivity index (χ3v) is 7.75. The number of urea groups is 1. The average Bonchev–Trinajstić information content (AvgIpc) is 3.58. The van der Waals surface area contributed by atoms with E-state index in [4.69, 9.17) is 9.63 Å². The number of carboxylic acids is 1. The second-order valence-electron chi connectivity index (χ2n) is 11.6. The van der Waals surface area contributed by atoms with Crippen molar-refractivity contribution in [2.24, 2.45) is 0 Å². The zero-order chi connectivity index (χ0) is 33.6. The van der Waals surface area contributed by atoms with Crippen LogP contribution in [0, 0.1) is 0 Å². The molecule has 3 aromatic carbocycles. The molecule has 4 aromatic rings. The van der Waals surface area contributed by atoms with E-state index in [1.165, 1.54) is 24.1 Å². The molecule has 1 heterocycles. The van der Waals surface area contributed by atoms with E-state index < -0.39 is 30.4 Å². The lowest BCUT2D eigenvalue weighted by Crippen LogP contribution is -2.42. The van der Waals surface area contributed by atoms with Crippen LogP contribution in [-0.2, 0) is 11.3 Å². The number of allylic oxidation sites excluding steroid dienone is 2. The Morgan fingerprint density at radius 3 is 2.38 bits per heavy atom. The molecule has 0 saturated heterocycles. The van der Waals surface area contributed by atoms with Gasteiger partial charge in [0.25, 0.3) is 11.8 Å². The van der Waals surface area contributed by atoms with Crippen LogP contribution in [0.4, 0.5) is 25.0 Å². The van der Waals surface area contributed by atoms with Gasteiger partial charge in [0.2, 0.25) is 0 Å². The third kappa shape index (κ3) is 8.26. The number of anilines is 2. The molecule has 1 aromatic heterocycles. The molecule has 3 N–H and O–H groups in total. The number of benzene rings is 3. The van der Waals surface area contributed by atoms with Crippen LogP contribution in [0.15, 0.2) is 83.4 Å². The van der Waals surface area contributed by atoms with Crippen LogP contribution < -0.4 is 15.5 Å².